The second-order valence-electron chi connectivity index (χ2n) is 5.74. The molecule has 6 nitrogen and oxygen atoms in total. The highest BCUT2D eigenvalue weighted by molar-refractivity contribution is 6.04. The van der Waals surface area contributed by atoms with Crippen molar-refractivity contribution in [1.82, 2.24) is 5.32 Å². The zero-order chi connectivity index (χ0) is 19.8. The predicted molar refractivity (Wildman–Crippen MR) is 93.8 cm³/mol. The van der Waals surface area contributed by atoms with Crippen LogP contribution in [-0.4, -0.2) is 24.9 Å². The second kappa shape index (κ2) is 9.25. The maximum atomic E-state index is 13.2. The number of nitrogens with zero attached hydrogens (tertiary/aromatic N) is 1. The molecule has 27 heavy (non-hydrogen) atoms. The number of carbonyl (C=O) groups is 3. The van der Waals surface area contributed by atoms with Gasteiger partial charge < -0.3 is 4.74 Å². The van der Waals surface area contributed by atoms with Crippen LogP contribution < -0.4 is 5.32 Å². The summed E-state index contributed by atoms with van der Waals surface area (Å²) in [5, 5.41) is 11.6. The van der Waals surface area contributed by atoms with E-state index in [1.54, 1.807) is 30.3 Å². The Balaban J connectivity index is 2.21. The molecule has 0 radical (unpaired) electrons. The Morgan fingerprint density at radius 2 is 1.74 bits per heavy atom. The Morgan fingerprint density at radius 1 is 1.11 bits per heavy atom. The van der Waals surface area contributed by atoms with E-state index in [1.807, 2.05) is 6.07 Å². The largest absolute Gasteiger partial charge is 0.468 e. The van der Waals surface area contributed by atoms with E-state index in [0.717, 1.165) is 7.11 Å². The Hall–Kier alpha value is -3.53. The average molecular weight is 368 g/mol. The summed E-state index contributed by atoms with van der Waals surface area (Å²) < 4.78 is 17.8. The Morgan fingerprint density at radius 3 is 2.30 bits per heavy atom. The molecule has 0 fully saturated rings. The van der Waals surface area contributed by atoms with Crippen molar-refractivity contribution >= 4 is 17.8 Å². The molecule has 1 unspecified atom stereocenters. The minimum Gasteiger partial charge on any atom is -0.468 e. The first kappa shape index (κ1) is 19.8. The zero-order valence-electron chi connectivity index (χ0n) is 14.5. The molecule has 2 rings (SSSR count). The Labute approximate surface area is 155 Å². The molecule has 1 N–H and O–H groups in total. The lowest BCUT2D eigenvalue weighted by atomic mass is 9.84. The highest BCUT2D eigenvalue weighted by atomic mass is 19.1. The lowest BCUT2D eigenvalue weighted by molar-refractivity contribution is -0.144. The van der Waals surface area contributed by atoms with Gasteiger partial charge >= 0.3 is 5.97 Å². The van der Waals surface area contributed by atoms with Crippen LogP contribution in [0.5, 0.6) is 0 Å². The number of hydrogen-bond acceptors (Lipinski definition) is 5. The van der Waals surface area contributed by atoms with Gasteiger partial charge in [0.05, 0.1) is 13.2 Å². The zero-order valence-corrected chi connectivity index (χ0v) is 14.5. The number of carbonyl (C=O) groups excluding carboxylic acids is 3. The molecule has 0 saturated heterocycles. The number of imide groups is 1. The predicted octanol–water partition coefficient (Wildman–Crippen LogP) is 2.57. The summed E-state index contributed by atoms with van der Waals surface area (Å²) >= 11 is 0. The second-order valence-corrected chi connectivity index (χ2v) is 5.74. The lowest BCUT2D eigenvalue weighted by Crippen LogP contribution is -2.34. The standard InChI is InChI=1S/C20H17FN2O4/c1-27-20(26)17(12-22)16(13-7-9-15(21)10-8-13)11-18(24)23-19(25)14-5-3-2-4-6-14/h2-10,16-17H,11H2,1H3,(H,23,24,25)/t16-,17?/m1/s1. The van der Waals surface area contributed by atoms with E-state index in [4.69, 9.17) is 0 Å². The molecule has 2 aromatic rings. The first-order valence-corrected chi connectivity index (χ1v) is 8.08. The van der Waals surface area contributed by atoms with Crippen LogP contribution in [0.4, 0.5) is 4.39 Å². The van der Waals surface area contributed by atoms with E-state index < -0.39 is 35.4 Å². The molecule has 0 spiro atoms. The van der Waals surface area contributed by atoms with E-state index in [1.165, 1.54) is 24.3 Å². The van der Waals surface area contributed by atoms with Gasteiger partial charge in [-0.05, 0) is 29.8 Å². The molecule has 2 aromatic carbocycles. The van der Waals surface area contributed by atoms with Gasteiger partial charge in [0.25, 0.3) is 5.91 Å². The molecule has 0 heterocycles. The molecule has 2 atom stereocenters. The summed E-state index contributed by atoms with van der Waals surface area (Å²) in [4.78, 5) is 36.4. The fraction of sp³-hybridized carbons (Fsp3) is 0.200. The third-order valence-electron chi connectivity index (χ3n) is 3.99. The van der Waals surface area contributed by atoms with E-state index >= 15 is 0 Å². The monoisotopic (exact) mass is 368 g/mol. The third kappa shape index (κ3) is 5.22. The van der Waals surface area contributed by atoms with Gasteiger partial charge in [0.15, 0.2) is 5.92 Å². The third-order valence-corrected chi connectivity index (χ3v) is 3.99. The van der Waals surface area contributed by atoms with Crippen LogP contribution >= 0.6 is 0 Å². The van der Waals surface area contributed by atoms with Gasteiger partial charge in [-0.15, -0.1) is 0 Å². The quantitative estimate of drug-likeness (QED) is 0.791. The molecule has 138 valence electrons. The van der Waals surface area contributed by atoms with Crippen LogP contribution in [0.3, 0.4) is 0 Å². The highest BCUT2D eigenvalue weighted by Crippen LogP contribution is 2.29. The van der Waals surface area contributed by atoms with Crippen molar-refractivity contribution in [3.05, 3.63) is 71.5 Å². The van der Waals surface area contributed by atoms with E-state index in [-0.39, 0.29) is 6.42 Å². The SMILES string of the molecule is COC(=O)C(C#N)[C@H](CC(=O)NC(=O)c1ccccc1)c1ccc(F)cc1. The Bertz CT molecular complexity index is 860. The van der Waals surface area contributed by atoms with Crippen molar-refractivity contribution in [2.45, 2.75) is 12.3 Å². The normalized spacial score (nSPS) is 12.3. The molecule has 0 aromatic heterocycles. The first-order valence-electron chi connectivity index (χ1n) is 8.08. The van der Waals surface area contributed by atoms with Crippen LogP contribution in [-0.2, 0) is 14.3 Å². The van der Waals surface area contributed by atoms with E-state index in [2.05, 4.69) is 10.1 Å². The van der Waals surface area contributed by atoms with E-state index in [0.29, 0.717) is 11.1 Å². The smallest absolute Gasteiger partial charge is 0.323 e. The van der Waals surface area contributed by atoms with Crippen LogP contribution in [0, 0.1) is 23.1 Å². The van der Waals surface area contributed by atoms with Crippen molar-refractivity contribution in [2.24, 2.45) is 5.92 Å². The van der Waals surface area contributed by atoms with Crippen molar-refractivity contribution in [1.29, 1.82) is 5.26 Å². The van der Waals surface area contributed by atoms with Crippen molar-refractivity contribution in [2.75, 3.05) is 7.11 Å². The maximum Gasteiger partial charge on any atom is 0.323 e. The van der Waals surface area contributed by atoms with Crippen LogP contribution in [0.15, 0.2) is 54.6 Å². The van der Waals surface area contributed by atoms with Crippen molar-refractivity contribution in [3.8, 4) is 6.07 Å². The molecule has 0 saturated carbocycles. The summed E-state index contributed by atoms with van der Waals surface area (Å²) in [5.74, 6) is -4.74. The number of nitriles is 1. The number of amides is 2. The molecular weight excluding hydrogens is 351 g/mol. The first-order chi connectivity index (χ1) is 13.0. The van der Waals surface area contributed by atoms with Gasteiger partial charge in [-0.1, -0.05) is 30.3 Å². The fourth-order valence-electron chi connectivity index (χ4n) is 2.61. The van der Waals surface area contributed by atoms with Crippen LogP contribution in [0.1, 0.15) is 28.3 Å². The molecule has 0 aliphatic carbocycles. The minimum absolute atomic E-state index is 0.300. The number of benzene rings is 2. The number of rotatable bonds is 6. The number of esters is 1. The summed E-state index contributed by atoms with van der Waals surface area (Å²) in [6.07, 6.45) is -0.322. The van der Waals surface area contributed by atoms with Crippen molar-refractivity contribution in [3.63, 3.8) is 0 Å². The summed E-state index contributed by atoms with van der Waals surface area (Å²) in [6, 6.07) is 15.1. The molecule has 0 aliphatic heterocycles. The number of methoxy groups -OCH3 is 1. The van der Waals surface area contributed by atoms with Gasteiger partial charge in [0.1, 0.15) is 5.82 Å². The minimum atomic E-state index is -1.28. The van der Waals surface area contributed by atoms with E-state index in [9.17, 15) is 24.0 Å². The van der Waals surface area contributed by atoms with Gasteiger partial charge in [-0.3, -0.25) is 19.7 Å². The van der Waals surface area contributed by atoms with Gasteiger partial charge in [0.2, 0.25) is 5.91 Å². The highest BCUT2D eigenvalue weighted by Gasteiger charge is 2.32. The maximum absolute atomic E-state index is 13.2. The average Bonchev–Trinajstić information content (AvgIpc) is 2.68. The lowest BCUT2D eigenvalue weighted by Gasteiger charge is -2.20. The number of ether oxygens (including phenoxy) is 1. The molecule has 2 amide bonds. The number of halogens is 1. The summed E-state index contributed by atoms with van der Waals surface area (Å²) in [6.45, 7) is 0. The molecule has 7 heteroatoms. The van der Waals surface area contributed by atoms with Gasteiger partial charge in [0, 0.05) is 17.9 Å². The molecule has 0 bridgehead atoms. The number of hydrogen-bond donors (Lipinski definition) is 1. The molecule has 0 aliphatic rings. The summed E-state index contributed by atoms with van der Waals surface area (Å²) in [7, 11) is 1.13. The van der Waals surface area contributed by atoms with Crippen LogP contribution in [0.2, 0.25) is 0 Å². The van der Waals surface area contributed by atoms with Gasteiger partial charge in [-0.2, -0.15) is 5.26 Å². The van der Waals surface area contributed by atoms with Crippen LogP contribution in [0.25, 0.3) is 0 Å². The topological polar surface area (TPSA) is 96.3 Å². The fourth-order valence-corrected chi connectivity index (χ4v) is 2.61. The molecular formula is C20H17FN2O4. The number of nitrogens with one attached hydrogen (secondary N) is 1. The summed E-state index contributed by atoms with van der Waals surface area (Å²) in [5.41, 5.74) is 0.713. The van der Waals surface area contributed by atoms with Gasteiger partial charge in [-0.25, -0.2) is 4.39 Å². The van der Waals surface area contributed by atoms with Crippen molar-refractivity contribution < 1.29 is 23.5 Å². The Kier molecular flexibility index (Phi) is 6.78.